The largest absolute Gasteiger partial charge is 0.320 e. The van der Waals surface area contributed by atoms with Crippen molar-refractivity contribution in [3.05, 3.63) is 0 Å². The van der Waals surface area contributed by atoms with E-state index in [-0.39, 0.29) is 0 Å². The van der Waals surface area contributed by atoms with E-state index in [0.717, 1.165) is 0 Å². The highest BCUT2D eigenvalue weighted by Crippen LogP contribution is 2.05. The molecule has 0 aromatic rings. The lowest BCUT2D eigenvalue weighted by Crippen LogP contribution is -2.46. The predicted octanol–water partition coefficient (Wildman–Crippen LogP) is 1.40. The van der Waals surface area contributed by atoms with Gasteiger partial charge in [0.1, 0.15) is 0 Å². The van der Waals surface area contributed by atoms with E-state index in [9.17, 15) is 0 Å². The molecule has 0 aliphatic carbocycles. The third-order valence-electron chi connectivity index (χ3n) is 3.56. The lowest BCUT2D eigenvalue weighted by Gasteiger charge is -2.33. The van der Waals surface area contributed by atoms with Crippen LogP contribution in [0.3, 0.4) is 0 Å². The number of unbranched alkanes of at least 4 members (excludes halogenated alkanes) is 3. The van der Waals surface area contributed by atoms with Crippen LogP contribution in [0, 0.1) is 0 Å². The van der Waals surface area contributed by atoms with Gasteiger partial charge in [0.15, 0.2) is 0 Å². The van der Waals surface area contributed by atoms with Crippen LogP contribution in [0.25, 0.3) is 0 Å². The Hall–Kier alpha value is -0.120. The second kappa shape index (κ2) is 8.97. The molecule has 0 saturated carbocycles. The molecule has 0 radical (unpaired) electrons. The lowest BCUT2D eigenvalue weighted by atomic mass is 10.2. The Morgan fingerprint density at radius 1 is 0.875 bits per heavy atom. The van der Waals surface area contributed by atoms with Crippen molar-refractivity contribution in [3.63, 3.8) is 0 Å². The monoisotopic (exact) mass is 227 g/mol. The fraction of sp³-hybridized carbons (Fsp3) is 1.00. The quantitative estimate of drug-likeness (QED) is 0.633. The number of rotatable bonds is 8. The first-order valence-electron chi connectivity index (χ1n) is 6.96. The molecule has 1 fully saturated rings. The molecule has 1 heterocycles. The Balaban J connectivity index is 1.90. The molecule has 1 saturated heterocycles. The molecule has 0 atom stereocenters. The van der Waals surface area contributed by atoms with E-state index in [1.165, 1.54) is 71.5 Å². The highest BCUT2D eigenvalue weighted by atomic mass is 15.3. The van der Waals surface area contributed by atoms with Gasteiger partial charge >= 0.3 is 0 Å². The van der Waals surface area contributed by atoms with Gasteiger partial charge in [-0.2, -0.15) is 0 Å². The van der Waals surface area contributed by atoms with Crippen LogP contribution in [0.1, 0.15) is 32.6 Å². The van der Waals surface area contributed by atoms with E-state index in [1.807, 2.05) is 7.05 Å². The first-order chi connectivity index (χ1) is 7.86. The molecule has 0 amide bonds. The van der Waals surface area contributed by atoms with Crippen molar-refractivity contribution in [1.82, 2.24) is 15.1 Å². The number of hydrogen-bond donors (Lipinski definition) is 1. The summed E-state index contributed by atoms with van der Waals surface area (Å²) in [4.78, 5) is 5.17. The maximum atomic E-state index is 3.20. The molecule has 3 nitrogen and oxygen atoms in total. The summed E-state index contributed by atoms with van der Waals surface area (Å²) >= 11 is 0. The van der Waals surface area contributed by atoms with Crippen molar-refractivity contribution < 1.29 is 0 Å². The molecule has 0 spiro atoms. The Morgan fingerprint density at radius 3 is 2.12 bits per heavy atom. The van der Waals surface area contributed by atoms with Crippen molar-refractivity contribution in [1.29, 1.82) is 0 Å². The van der Waals surface area contributed by atoms with Crippen molar-refractivity contribution in [2.75, 3.05) is 52.9 Å². The SMILES string of the molecule is CCN1CCN(CCCCCCNC)CC1. The van der Waals surface area contributed by atoms with Gasteiger partial charge in [-0.3, -0.25) is 0 Å². The minimum atomic E-state index is 1.18. The topological polar surface area (TPSA) is 18.5 Å². The maximum absolute atomic E-state index is 3.20. The predicted molar refractivity (Wildman–Crippen MR) is 70.9 cm³/mol. The molecule has 1 aliphatic rings. The zero-order chi connectivity index (χ0) is 11.6. The average molecular weight is 227 g/mol. The Kier molecular flexibility index (Phi) is 7.81. The third kappa shape index (κ3) is 5.83. The normalized spacial score (nSPS) is 19.1. The van der Waals surface area contributed by atoms with Gasteiger partial charge < -0.3 is 15.1 Å². The summed E-state index contributed by atoms with van der Waals surface area (Å²) in [5.41, 5.74) is 0. The van der Waals surface area contributed by atoms with Gasteiger partial charge in [-0.15, -0.1) is 0 Å². The standard InChI is InChI=1S/C13H29N3/c1-3-15-10-12-16(13-11-15)9-7-5-4-6-8-14-2/h14H,3-13H2,1-2H3. The van der Waals surface area contributed by atoms with Gasteiger partial charge in [0, 0.05) is 26.2 Å². The molecule has 0 aromatic heterocycles. The first-order valence-corrected chi connectivity index (χ1v) is 6.96. The molecular weight excluding hydrogens is 198 g/mol. The zero-order valence-corrected chi connectivity index (χ0v) is 11.2. The van der Waals surface area contributed by atoms with Crippen LogP contribution >= 0.6 is 0 Å². The summed E-state index contributed by atoms with van der Waals surface area (Å²) < 4.78 is 0. The average Bonchev–Trinajstić information content (AvgIpc) is 2.34. The molecule has 1 aliphatic heterocycles. The van der Waals surface area contributed by atoms with Gasteiger partial charge in [-0.05, 0) is 39.5 Å². The zero-order valence-electron chi connectivity index (χ0n) is 11.2. The number of nitrogens with zero attached hydrogens (tertiary/aromatic N) is 2. The second-order valence-corrected chi connectivity index (χ2v) is 4.79. The van der Waals surface area contributed by atoms with Crippen LogP contribution in [0.5, 0.6) is 0 Å². The number of hydrogen-bond acceptors (Lipinski definition) is 3. The summed E-state index contributed by atoms with van der Waals surface area (Å²) in [5, 5.41) is 3.20. The van der Waals surface area contributed by atoms with E-state index in [1.54, 1.807) is 0 Å². The van der Waals surface area contributed by atoms with Gasteiger partial charge in [-0.25, -0.2) is 0 Å². The van der Waals surface area contributed by atoms with E-state index < -0.39 is 0 Å². The Labute approximate surface area is 101 Å². The van der Waals surface area contributed by atoms with Gasteiger partial charge in [0.2, 0.25) is 0 Å². The molecule has 16 heavy (non-hydrogen) atoms. The second-order valence-electron chi connectivity index (χ2n) is 4.79. The number of piperazine rings is 1. The van der Waals surface area contributed by atoms with Crippen LogP contribution in [-0.4, -0.2) is 62.7 Å². The molecule has 1 N–H and O–H groups in total. The fourth-order valence-electron chi connectivity index (χ4n) is 2.32. The van der Waals surface area contributed by atoms with Gasteiger partial charge in [0.05, 0.1) is 0 Å². The van der Waals surface area contributed by atoms with E-state index >= 15 is 0 Å². The number of likely N-dealkylation sites (N-methyl/N-ethyl adjacent to an activating group) is 1. The van der Waals surface area contributed by atoms with Crippen LogP contribution in [0.2, 0.25) is 0 Å². The highest BCUT2D eigenvalue weighted by Gasteiger charge is 2.14. The van der Waals surface area contributed by atoms with Gasteiger partial charge in [0.25, 0.3) is 0 Å². The Morgan fingerprint density at radius 2 is 1.50 bits per heavy atom. The van der Waals surface area contributed by atoms with Crippen molar-refractivity contribution in [2.24, 2.45) is 0 Å². The van der Waals surface area contributed by atoms with Crippen molar-refractivity contribution in [2.45, 2.75) is 32.6 Å². The van der Waals surface area contributed by atoms with Crippen LogP contribution in [0.15, 0.2) is 0 Å². The molecule has 96 valence electrons. The minimum absolute atomic E-state index is 1.18. The summed E-state index contributed by atoms with van der Waals surface area (Å²) in [5.74, 6) is 0. The van der Waals surface area contributed by atoms with Crippen LogP contribution < -0.4 is 5.32 Å². The first kappa shape index (κ1) is 13.9. The smallest absolute Gasteiger partial charge is 0.0110 e. The van der Waals surface area contributed by atoms with Crippen LogP contribution in [-0.2, 0) is 0 Å². The van der Waals surface area contributed by atoms with Gasteiger partial charge in [-0.1, -0.05) is 19.8 Å². The van der Waals surface area contributed by atoms with E-state index in [2.05, 4.69) is 22.0 Å². The minimum Gasteiger partial charge on any atom is -0.320 e. The molecular formula is C13H29N3. The van der Waals surface area contributed by atoms with E-state index in [4.69, 9.17) is 0 Å². The maximum Gasteiger partial charge on any atom is 0.0110 e. The summed E-state index contributed by atoms with van der Waals surface area (Å²) in [6.07, 6.45) is 5.50. The van der Waals surface area contributed by atoms with E-state index in [0.29, 0.717) is 0 Å². The fourth-order valence-corrected chi connectivity index (χ4v) is 2.32. The molecule has 0 unspecified atom stereocenters. The third-order valence-corrected chi connectivity index (χ3v) is 3.56. The summed E-state index contributed by atoms with van der Waals surface area (Å²) in [7, 11) is 2.03. The molecule has 1 rings (SSSR count). The summed E-state index contributed by atoms with van der Waals surface area (Å²) in [6.45, 7) is 11.1. The number of nitrogens with one attached hydrogen (secondary N) is 1. The lowest BCUT2D eigenvalue weighted by molar-refractivity contribution is 0.135. The molecule has 3 heteroatoms. The van der Waals surface area contributed by atoms with Crippen molar-refractivity contribution >= 4 is 0 Å². The Bertz CT molecular complexity index is 153. The highest BCUT2D eigenvalue weighted by molar-refractivity contribution is 4.70. The van der Waals surface area contributed by atoms with Crippen LogP contribution in [0.4, 0.5) is 0 Å². The van der Waals surface area contributed by atoms with Crippen molar-refractivity contribution in [3.8, 4) is 0 Å². The summed E-state index contributed by atoms with van der Waals surface area (Å²) in [6, 6.07) is 0. The molecule has 0 aromatic carbocycles. The molecule has 0 bridgehead atoms.